The minimum Gasteiger partial charge on any atom is -0.491 e. The predicted molar refractivity (Wildman–Crippen MR) is 142 cm³/mol. The van der Waals surface area contributed by atoms with Crippen molar-refractivity contribution in [2.24, 2.45) is 0 Å². The molecule has 0 aliphatic carbocycles. The molecule has 0 bridgehead atoms. The molecule has 0 spiro atoms. The monoisotopic (exact) mass is 521 g/mol. The molecule has 2 atom stereocenters. The van der Waals surface area contributed by atoms with Crippen molar-refractivity contribution in [1.29, 1.82) is 0 Å². The maximum atomic E-state index is 10.7. The fraction of sp³-hybridized carbons (Fsp3) is 0.556. The summed E-state index contributed by atoms with van der Waals surface area (Å²) in [4.78, 5) is 2.03. The van der Waals surface area contributed by atoms with E-state index < -0.39 is 21.0 Å². The molecule has 0 saturated heterocycles. The molecule has 36 heavy (non-hydrogen) atoms. The zero-order valence-electron chi connectivity index (χ0n) is 21.9. The van der Waals surface area contributed by atoms with E-state index >= 15 is 0 Å². The topological polar surface area (TPSA) is 89.9 Å². The van der Waals surface area contributed by atoms with Crippen LogP contribution in [0.2, 0.25) is 6.04 Å². The summed E-state index contributed by atoms with van der Waals surface area (Å²) in [5, 5.41) is 21.3. The molecule has 0 fully saturated rings. The van der Waals surface area contributed by atoms with E-state index in [1.54, 1.807) is 0 Å². The summed E-state index contributed by atoms with van der Waals surface area (Å²) in [6.07, 6.45) is -0.703. The van der Waals surface area contributed by atoms with Crippen LogP contribution in [-0.4, -0.2) is 88.8 Å². The Labute approximate surface area is 217 Å². The first-order chi connectivity index (χ1) is 17.5. The molecule has 202 valence electrons. The van der Waals surface area contributed by atoms with E-state index in [4.69, 9.17) is 22.8 Å². The molecule has 2 N–H and O–H groups in total. The highest BCUT2D eigenvalue weighted by atomic mass is 28.4. The lowest BCUT2D eigenvalue weighted by Crippen LogP contribution is -2.47. The second-order valence-electron chi connectivity index (χ2n) is 8.40. The molecule has 2 rings (SSSR count). The van der Waals surface area contributed by atoms with Crippen molar-refractivity contribution in [1.82, 2.24) is 4.90 Å². The molecule has 9 heteroatoms. The van der Waals surface area contributed by atoms with Crippen LogP contribution in [0.5, 0.6) is 11.5 Å². The largest absolute Gasteiger partial charge is 0.500 e. The molecule has 2 aromatic rings. The lowest BCUT2D eigenvalue weighted by Gasteiger charge is -2.31. The van der Waals surface area contributed by atoms with Gasteiger partial charge in [-0.1, -0.05) is 36.4 Å². The van der Waals surface area contributed by atoms with Crippen LogP contribution in [-0.2, 0) is 13.3 Å². The summed E-state index contributed by atoms with van der Waals surface area (Å²) in [6.45, 7) is 9.06. The van der Waals surface area contributed by atoms with Gasteiger partial charge in [0, 0.05) is 39.0 Å². The first-order valence-corrected chi connectivity index (χ1v) is 14.8. The molecule has 0 aliphatic rings. The molecule has 0 saturated carbocycles. The highest BCUT2D eigenvalue weighted by molar-refractivity contribution is 6.60. The van der Waals surface area contributed by atoms with Gasteiger partial charge in [0.05, 0.1) is 0 Å². The number of para-hydroxylation sites is 2. The number of hydrogen-bond acceptors (Lipinski definition) is 8. The first-order valence-electron chi connectivity index (χ1n) is 12.9. The standard InChI is InChI=1S/C27H43NO7Si/c1-4-33-36(34-5-2,35-6-3)19-13-18-28(20-24(29)22-31-26-14-9-7-10-15-26)21-25(30)23-32-27-16-11-8-12-17-27/h7-12,14-17,24-25,29-30H,4-6,13,18-23H2,1-3H3. The number of nitrogens with zero attached hydrogens (tertiary/aromatic N) is 1. The number of ether oxygens (including phenoxy) is 2. The summed E-state index contributed by atoms with van der Waals surface area (Å²) in [7, 11) is -2.76. The fourth-order valence-electron chi connectivity index (χ4n) is 3.90. The summed E-state index contributed by atoms with van der Waals surface area (Å²) in [5.41, 5.74) is 0. The van der Waals surface area contributed by atoms with Crippen molar-refractivity contribution >= 4 is 8.80 Å². The van der Waals surface area contributed by atoms with Crippen molar-refractivity contribution in [2.45, 2.75) is 45.4 Å². The Hall–Kier alpha value is -1.98. The van der Waals surface area contributed by atoms with Crippen LogP contribution in [0, 0.1) is 0 Å². The average Bonchev–Trinajstić information content (AvgIpc) is 2.88. The van der Waals surface area contributed by atoms with Gasteiger partial charge in [-0.2, -0.15) is 0 Å². The summed E-state index contributed by atoms with van der Waals surface area (Å²) in [5.74, 6) is 1.42. The molecular formula is C27H43NO7Si. The van der Waals surface area contributed by atoms with Crippen LogP contribution in [0.25, 0.3) is 0 Å². The Morgan fingerprint density at radius 2 is 1.11 bits per heavy atom. The Balaban J connectivity index is 1.95. The van der Waals surface area contributed by atoms with Crippen LogP contribution >= 0.6 is 0 Å². The average molecular weight is 522 g/mol. The third-order valence-corrected chi connectivity index (χ3v) is 8.51. The maximum absolute atomic E-state index is 10.7. The van der Waals surface area contributed by atoms with Crippen LogP contribution in [0.4, 0.5) is 0 Å². The Morgan fingerprint density at radius 1 is 0.694 bits per heavy atom. The van der Waals surface area contributed by atoms with Gasteiger partial charge in [-0.25, -0.2) is 0 Å². The van der Waals surface area contributed by atoms with Gasteiger partial charge in [0.25, 0.3) is 0 Å². The van der Waals surface area contributed by atoms with Crippen LogP contribution in [0.15, 0.2) is 60.7 Å². The fourth-order valence-corrected chi connectivity index (χ4v) is 6.49. The summed E-state index contributed by atoms with van der Waals surface area (Å²) >= 11 is 0. The third-order valence-electron chi connectivity index (χ3n) is 5.36. The van der Waals surface area contributed by atoms with Crippen LogP contribution in [0.3, 0.4) is 0 Å². The molecule has 0 radical (unpaired) electrons. The summed E-state index contributed by atoms with van der Waals surface area (Å²) < 4.78 is 29.3. The van der Waals surface area contributed by atoms with Crippen molar-refractivity contribution < 1.29 is 33.0 Å². The second-order valence-corrected chi connectivity index (χ2v) is 11.1. The van der Waals surface area contributed by atoms with E-state index in [9.17, 15) is 10.2 Å². The quantitative estimate of drug-likeness (QED) is 0.256. The van der Waals surface area contributed by atoms with Crippen LogP contribution in [0.1, 0.15) is 27.2 Å². The van der Waals surface area contributed by atoms with E-state index in [1.165, 1.54) is 0 Å². The highest BCUT2D eigenvalue weighted by Gasteiger charge is 2.39. The minimum atomic E-state index is -2.76. The van der Waals surface area contributed by atoms with E-state index in [0.717, 1.165) is 6.42 Å². The maximum Gasteiger partial charge on any atom is 0.500 e. The van der Waals surface area contributed by atoms with Gasteiger partial charge < -0.3 is 33.0 Å². The minimum absolute atomic E-state index is 0.159. The predicted octanol–water partition coefficient (Wildman–Crippen LogP) is 3.61. The molecule has 8 nitrogen and oxygen atoms in total. The van der Waals surface area contributed by atoms with Gasteiger partial charge in [-0.05, 0) is 58.0 Å². The Bertz CT molecular complexity index is 731. The molecular weight excluding hydrogens is 478 g/mol. The van der Waals surface area contributed by atoms with Gasteiger partial charge in [-0.15, -0.1) is 0 Å². The van der Waals surface area contributed by atoms with E-state index in [0.29, 0.717) is 57.0 Å². The van der Waals surface area contributed by atoms with Crippen LogP contribution < -0.4 is 9.47 Å². The first kappa shape index (κ1) is 30.2. The molecule has 0 aromatic heterocycles. The molecule has 2 aromatic carbocycles. The van der Waals surface area contributed by atoms with E-state index in [1.807, 2.05) is 86.3 Å². The van der Waals surface area contributed by atoms with Crippen molar-refractivity contribution in [3.8, 4) is 11.5 Å². The second kappa shape index (κ2) is 17.5. The smallest absolute Gasteiger partial charge is 0.491 e. The molecule has 2 unspecified atom stereocenters. The number of rotatable bonds is 20. The summed E-state index contributed by atoms with van der Waals surface area (Å²) in [6, 6.07) is 19.5. The molecule has 0 amide bonds. The Kier molecular flexibility index (Phi) is 14.7. The van der Waals surface area contributed by atoms with Gasteiger partial charge in [-0.3, -0.25) is 4.90 Å². The van der Waals surface area contributed by atoms with Gasteiger partial charge >= 0.3 is 8.80 Å². The van der Waals surface area contributed by atoms with Gasteiger partial charge in [0.2, 0.25) is 0 Å². The number of benzene rings is 2. The molecule has 0 aliphatic heterocycles. The third kappa shape index (κ3) is 11.8. The number of hydrogen-bond donors (Lipinski definition) is 2. The number of aliphatic hydroxyl groups excluding tert-OH is 2. The van der Waals surface area contributed by atoms with E-state index in [2.05, 4.69) is 0 Å². The lowest BCUT2D eigenvalue weighted by atomic mass is 10.2. The van der Waals surface area contributed by atoms with Gasteiger partial charge in [0.15, 0.2) is 0 Å². The number of aliphatic hydroxyl groups is 2. The Morgan fingerprint density at radius 3 is 1.50 bits per heavy atom. The van der Waals surface area contributed by atoms with Gasteiger partial charge in [0.1, 0.15) is 36.9 Å². The van der Waals surface area contributed by atoms with Crippen molar-refractivity contribution in [3.05, 3.63) is 60.7 Å². The lowest BCUT2D eigenvalue weighted by molar-refractivity contribution is 0.0299. The van der Waals surface area contributed by atoms with E-state index in [-0.39, 0.29) is 13.2 Å². The highest BCUT2D eigenvalue weighted by Crippen LogP contribution is 2.19. The zero-order chi connectivity index (χ0) is 26.1. The SMILES string of the molecule is CCO[Si](CCCN(CC(O)COc1ccccc1)CC(O)COc1ccccc1)(OCC)OCC. The normalized spacial score (nSPS) is 13.5. The zero-order valence-corrected chi connectivity index (χ0v) is 22.9. The van der Waals surface area contributed by atoms with Crippen molar-refractivity contribution in [3.63, 3.8) is 0 Å². The van der Waals surface area contributed by atoms with Crippen molar-refractivity contribution in [2.75, 3.05) is 52.7 Å². The molecule has 0 heterocycles.